The zero-order chi connectivity index (χ0) is 11.4. The molecule has 0 bridgehead atoms. The van der Waals surface area contributed by atoms with Gasteiger partial charge in [-0.15, -0.1) is 0 Å². The minimum absolute atomic E-state index is 0.239. The Morgan fingerprint density at radius 3 is 3.00 bits per heavy atom. The van der Waals surface area contributed by atoms with Crippen molar-refractivity contribution in [3.63, 3.8) is 0 Å². The van der Waals surface area contributed by atoms with Crippen molar-refractivity contribution < 1.29 is 0 Å². The average Bonchev–Trinajstić information content (AvgIpc) is 2.30. The molecular formula is C9H12N6O. The van der Waals surface area contributed by atoms with Crippen molar-refractivity contribution in [2.45, 2.75) is 13.3 Å². The maximum Gasteiger partial charge on any atom is 0.280 e. The highest BCUT2D eigenvalue weighted by atomic mass is 16.1. The first-order chi connectivity index (χ1) is 7.81. The molecule has 84 valence electrons. The second-order valence-corrected chi connectivity index (χ2v) is 3.19. The van der Waals surface area contributed by atoms with Crippen molar-refractivity contribution in [3.05, 3.63) is 22.7 Å². The van der Waals surface area contributed by atoms with E-state index in [1.54, 1.807) is 0 Å². The van der Waals surface area contributed by atoms with Gasteiger partial charge >= 0.3 is 0 Å². The van der Waals surface area contributed by atoms with Gasteiger partial charge in [-0.05, 0) is 6.42 Å². The largest absolute Gasteiger partial charge is 0.291 e. The number of hydrazine groups is 1. The molecule has 0 aliphatic carbocycles. The van der Waals surface area contributed by atoms with Crippen LogP contribution in [-0.2, 0) is 0 Å². The monoisotopic (exact) mass is 220 g/mol. The highest BCUT2D eigenvalue weighted by Crippen LogP contribution is 2.00. The molecule has 0 saturated carbocycles. The van der Waals surface area contributed by atoms with Gasteiger partial charge in [0.1, 0.15) is 0 Å². The average molecular weight is 220 g/mol. The van der Waals surface area contributed by atoms with E-state index in [4.69, 9.17) is 0 Å². The molecule has 16 heavy (non-hydrogen) atoms. The standard InChI is InChI=1S/C9H12N6O/c1-2-3-12-15-9-13-7-6(8(16)14-9)10-4-5-11-7/h4-5,12H,2-3H2,1H3,(H2,11,13,14,15,16). The summed E-state index contributed by atoms with van der Waals surface area (Å²) >= 11 is 0. The van der Waals surface area contributed by atoms with Crippen molar-refractivity contribution in [1.82, 2.24) is 25.4 Å². The van der Waals surface area contributed by atoms with Crippen LogP contribution in [-0.4, -0.2) is 26.5 Å². The zero-order valence-corrected chi connectivity index (χ0v) is 8.82. The van der Waals surface area contributed by atoms with Crippen molar-refractivity contribution in [2.24, 2.45) is 0 Å². The predicted molar refractivity (Wildman–Crippen MR) is 59.9 cm³/mol. The zero-order valence-electron chi connectivity index (χ0n) is 8.82. The van der Waals surface area contributed by atoms with Crippen molar-refractivity contribution in [1.29, 1.82) is 0 Å². The number of aromatic nitrogens is 4. The molecule has 0 amide bonds. The van der Waals surface area contributed by atoms with Crippen LogP contribution < -0.4 is 16.4 Å². The summed E-state index contributed by atoms with van der Waals surface area (Å²) < 4.78 is 0. The van der Waals surface area contributed by atoms with Gasteiger partial charge in [0.25, 0.3) is 5.56 Å². The maximum atomic E-state index is 11.6. The fourth-order valence-corrected chi connectivity index (χ4v) is 1.20. The topological polar surface area (TPSA) is 95.6 Å². The molecule has 0 fully saturated rings. The number of anilines is 1. The fraction of sp³-hybridized carbons (Fsp3) is 0.333. The van der Waals surface area contributed by atoms with Crippen LogP contribution in [0, 0.1) is 0 Å². The number of aromatic amines is 1. The van der Waals surface area contributed by atoms with Crippen molar-refractivity contribution in [3.8, 4) is 0 Å². The first-order valence-electron chi connectivity index (χ1n) is 5.01. The molecule has 2 rings (SSSR count). The summed E-state index contributed by atoms with van der Waals surface area (Å²) in [6.45, 7) is 2.82. The van der Waals surface area contributed by atoms with Gasteiger partial charge in [0.05, 0.1) is 0 Å². The van der Waals surface area contributed by atoms with Crippen LogP contribution in [0.4, 0.5) is 5.95 Å². The molecule has 0 saturated heterocycles. The lowest BCUT2D eigenvalue weighted by Gasteiger charge is -2.05. The fourth-order valence-electron chi connectivity index (χ4n) is 1.20. The third-order valence-electron chi connectivity index (χ3n) is 1.93. The Labute approximate surface area is 91.3 Å². The highest BCUT2D eigenvalue weighted by Gasteiger charge is 2.04. The van der Waals surface area contributed by atoms with Crippen LogP contribution in [0.25, 0.3) is 11.2 Å². The van der Waals surface area contributed by atoms with Gasteiger partial charge in [-0.1, -0.05) is 6.92 Å². The summed E-state index contributed by atoms with van der Waals surface area (Å²) in [5.74, 6) is 0.339. The smallest absolute Gasteiger partial charge is 0.280 e. The van der Waals surface area contributed by atoms with Gasteiger partial charge < -0.3 is 0 Å². The van der Waals surface area contributed by atoms with Crippen LogP contribution in [0.2, 0.25) is 0 Å². The summed E-state index contributed by atoms with van der Waals surface area (Å²) in [6, 6.07) is 0. The van der Waals surface area contributed by atoms with Crippen molar-refractivity contribution in [2.75, 3.05) is 12.0 Å². The van der Waals surface area contributed by atoms with E-state index >= 15 is 0 Å². The molecule has 2 aromatic rings. The molecule has 3 N–H and O–H groups in total. The third-order valence-corrected chi connectivity index (χ3v) is 1.93. The molecule has 0 aliphatic rings. The molecule has 2 heterocycles. The van der Waals surface area contributed by atoms with Gasteiger partial charge in [-0.2, -0.15) is 4.98 Å². The summed E-state index contributed by atoms with van der Waals surface area (Å²) in [4.78, 5) is 26.1. The summed E-state index contributed by atoms with van der Waals surface area (Å²) in [5.41, 5.74) is 5.97. The minimum Gasteiger partial charge on any atom is -0.291 e. The molecule has 0 atom stereocenters. The molecule has 2 aromatic heterocycles. The van der Waals surface area contributed by atoms with Crippen LogP contribution in [0.3, 0.4) is 0 Å². The minimum atomic E-state index is -0.307. The van der Waals surface area contributed by atoms with Crippen LogP contribution in [0.5, 0.6) is 0 Å². The molecule has 0 unspecified atom stereocenters. The van der Waals surface area contributed by atoms with Gasteiger partial charge in [0.2, 0.25) is 5.95 Å². The van der Waals surface area contributed by atoms with E-state index in [0.29, 0.717) is 11.6 Å². The first kappa shape index (κ1) is 10.5. The third kappa shape index (κ3) is 2.14. The number of nitrogens with one attached hydrogen (secondary N) is 3. The Morgan fingerprint density at radius 1 is 1.38 bits per heavy atom. The lowest BCUT2D eigenvalue weighted by molar-refractivity contribution is 0.750. The molecule has 0 aromatic carbocycles. The first-order valence-corrected chi connectivity index (χ1v) is 5.01. The number of fused-ring (bicyclic) bond motifs is 1. The molecule has 7 nitrogen and oxygen atoms in total. The Morgan fingerprint density at radius 2 is 2.19 bits per heavy atom. The van der Waals surface area contributed by atoms with E-state index in [2.05, 4.69) is 30.8 Å². The Bertz CT molecular complexity index is 537. The summed E-state index contributed by atoms with van der Waals surface area (Å²) in [7, 11) is 0. The van der Waals surface area contributed by atoms with E-state index in [0.717, 1.165) is 13.0 Å². The number of nitrogens with zero attached hydrogens (tertiary/aromatic N) is 3. The van der Waals surface area contributed by atoms with E-state index in [1.807, 2.05) is 6.92 Å². The van der Waals surface area contributed by atoms with Crippen LogP contribution in [0.15, 0.2) is 17.2 Å². The Balaban J connectivity index is 2.31. The summed E-state index contributed by atoms with van der Waals surface area (Å²) in [5, 5.41) is 0. The molecule has 7 heteroatoms. The number of H-pyrrole nitrogens is 1. The Hall–Kier alpha value is -2.02. The van der Waals surface area contributed by atoms with Gasteiger partial charge in [-0.25, -0.2) is 15.4 Å². The number of rotatable bonds is 4. The van der Waals surface area contributed by atoms with E-state index in [1.165, 1.54) is 12.4 Å². The number of hydrogen-bond donors (Lipinski definition) is 3. The van der Waals surface area contributed by atoms with E-state index < -0.39 is 0 Å². The van der Waals surface area contributed by atoms with Crippen LogP contribution in [0.1, 0.15) is 13.3 Å². The van der Waals surface area contributed by atoms with Crippen molar-refractivity contribution >= 4 is 17.1 Å². The lowest BCUT2D eigenvalue weighted by atomic mass is 10.5. The second-order valence-electron chi connectivity index (χ2n) is 3.19. The predicted octanol–water partition coefficient (Wildman–Crippen LogP) is 0.0396. The molecular weight excluding hydrogens is 208 g/mol. The normalized spacial score (nSPS) is 10.6. The number of hydrogen-bond acceptors (Lipinski definition) is 6. The van der Waals surface area contributed by atoms with Gasteiger partial charge in [-0.3, -0.25) is 15.2 Å². The SMILES string of the molecule is CCCNNc1nc2nccnc2c(=O)[nH]1. The maximum absolute atomic E-state index is 11.6. The molecule has 0 spiro atoms. The van der Waals surface area contributed by atoms with Gasteiger partial charge in [0, 0.05) is 18.9 Å². The quantitative estimate of drug-likeness (QED) is 0.497. The second kappa shape index (κ2) is 4.67. The molecule has 0 aliphatic heterocycles. The molecule has 0 radical (unpaired) electrons. The van der Waals surface area contributed by atoms with E-state index in [-0.39, 0.29) is 11.1 Å². The van der Waals surface area contributed by atoms with Crippen LogP contribution >= 0.6 is 0 Å². The van der Waals surface area contributed by atoms with E-state index in [9.17, 15) is 4.79 Å². The Kier molecular flexibility index (Phi) is 3.06. The van der Waals surface area contributed by atoms with Gasteiger partial charge in [0.15, 0.2) is 11.2 Å². The lowest BCUT2D eigenvalue weighted by Crippen LogP contribution is -2.26. The highest BCUT2D eigenvalue weighted by molar-refractivity contribution is 5.68. The summed E-state index contributed by atoms with van der Waals surface area (Å²) in [6.07, 6.45) is 3.93.